The third-order valence-corrected chi connectivity index (χ3v) is 5.46. The molecule has 2 aromatic carbocycles. The average molecular weight is 378 g/mol. The SMILES string of the molecule is COC(=O)c1ccc(NC(=O)C2CC2C(=O)N2c3ccccc3CC2C)cc1. The zero-order valence-corrected chi connectivity index (χ0v) is 15.8. The van der Waals surface area contributed by atoms with Crippen LogP contribution in [0.2, 0.25) is 0 Å². The Hall–Kier alpha value is -3.15. The van der Waals surface area contributed by atoms with E-state index in [0.717, 1.165) is 12.1 Å². The Morgan fingerprint density at radius 1 is 1.04 bits per heavy atom. The fourth-order valence-electron chi connectivity index (χ4n) is 3.88. The monoisotopic (exact) mass is 378 g/mol. The van der Waals surface area contributed by atoms with E-state index < -0.39 is 5.97 Å². The number of methoxy groups -OCH3 is 1. The third kappa shape index (κ3) is 3.26. The number of nitrogens with one attached hydrogen (secondary N) is 1. The highest BCUT2D eigenvalue weighted by Gasteiger charge is 2.51. The maximum Gasteiger partial charge on any atom is 0.337 e. The number of fused-ring (bicyclic) bond motifs is 1. The van der Waals surface area contributed by atoms with Gasteiger partial charge in [0.2, 0.25) is 11.8 Å². The van der Waals surface area contributed by atoms with E-state index in [9.17, 15) is 14.4 Å². The summed E-state index contributed by atoms with van der Waals surface area (Å²) in [5.41, 5.74) is 3.15. The van der Waals surface area contributed by atoms with E-state index in [0.29, 0.717) is 17.7 Å². The zero-order chi connectivity index (χ0) is 19.8. The van der Waals surface area contributed by atoms with Gasteiger partial charge < -0.3 is 15.0 Å². The molecule has 1 saturated carbocycles. The minimum atomic E-state index is -0.425. The van der Waals surface area contributed by atoms with Gasteiger partial charge in [-0.15, -0.1) is 0 Å². The molecule has 6 heteroatoms. The van der Waals surface area contributed by atoms with Crippen LogP contribution in [-0.2, 0) is 20.7 Å². The molecule has 2 aromatic rings. The minimum absolute atomic E-state index is 0.0265. The van der Waals surface area contributed by atoms with E-state index in [-0.39, 0.29) is 29.7 Å². The lowest BCUT2D eigenvalue weighted by Gasteiger charge is -2.23. The molecule has 1 aliphatic carbocycles. The molecule has 2 aliphatic rings. The lowest BCUT2D eigenvalue weighted by atomic mass is 10.1. The van der Waals surface area contributed by atoms with Gasteiger partial charge in [-0.2, -0.15) is 0 Å². The largest absolute Gasteiger partial charge is 0.465 e. The molecule has 3 unspecified atom stereocenters. The summed E-state index contributed by atoms with van der Waals surface area (Å²) in [7, 11) is 1.32. The van der Waals surface area contributed by atoms with Gasteiger partial charge in [-0.25, -0.2) is 4.79 Å². The molecule has 4 rings (SSSR count). The van der Waals surface area contributed by atoms with E-state index in [1.54, 1.807) is 24.3 Å². The first-order valence-corrected chi connectivity index (χ1v) is 9.40. The summed E-state index contributed by atoms with van der Waals surface area (Å²) in [5.74, 6) is -1.15. The summed E-state index contributed by atoms with van der Waals surface area (Å²) in [6.45, 7) is 2.04. The summed E-state index contributed by atoms with van der Waals surface area (Å²) < 4.78 is 4.66. The van der Waals surface area contributed by atoms with Gasteiger partial charge in [-0.05, 0) is 55.7 Å². The predicted octanol–water partition coefficient (Wildman–Crippen LogP) is 3.03. The number of esters is 1. The Kier molecular flexibility index (Phi) is 4.63. The number of hydrogen-bond donors (Lipinski definition) is 1. The molecule has 0 spiro atoms. The number of rotatable bonds is 4. The van der Waals surface area contributed by atoms with Crippen molar-refractivity contribution >= 4 is 29.2 Å². The van der Waals surface area contributed by atoms with Crippen LogP contribution in [0, 0.1) is 11.8 Å². The van der Waals surface area contributed by atoms with Crippen molar-refractivity contribution in [3.63, 3.8) is 0 Å². The summed E-state index contributed by atoms with van der Waals surface area (Å²) in [6.07, 6.45) is 1.41. The summed E-state index contributed by atoms with van der Waals surface area (Å²) >= 11 is 0. The number of carbonyl (C=O) groups is 3. The topological polar surface area (TPSA) is 75.7 Å². The van der Waals surface area contributed by atoms with Crippen LogP contribution in [0.4, 0.5) is 11.4 Å². The smallest absolute Gasteiger partial charge is 0.337 e. The fourth-order valence-corrected chi connectivity index (χ4v) is 3.88. The van der Waals surface area contributed by atoms with Gasteiger partial charge >= 0.3 is 5.97 Å². The highest BCUT2D eigenvalue weighted by Crippen LogP contribution is 2.44. The van der Waals surface area contributed by atoms with E-state index in [1.807, 2.05) is 36.1 Å². The van der Waals surface area contributed by atoms with Crippen LogP contribution in [0.15, 0.2) is 48.5 Å². The van der Waals surface area contributed by atoms with E-state index in [2.05, 4.69) is 10.1 Å². The first kappa shape index (κ1) is 18.2. The van der Waals surface area contributed by atoms with Gasteiger partial charge in [-0.3, -0.25) is 9.59 Å². The minimum Gasteiger partial charge on any atom is -0.465 e. The Morgan fingerprint density at radius 2 is 1.75 bits per heavy atom. The Morgan fingerprint density at radius 3 is 2.46 bits per heavy atom. The van der Waals surface area contributed by atoms with Crippen molar-refractivity contribution in [2.75, 3.05) is 17.3 Å². The third-order valence-electron chi connectivity index (χ3n) is 5.46. The molecule has 2 amide bonds. The van der Waals surface area contributed by atoms with Gasteiger partial charge in [0.05, 0.1) is 24.5 Å². The molecule has 1 N–H and O–H groups in total. The molecule has 28 heavy (non-hydrogen) atoms. The molecule has 1 fully saturated rings. The van der Waals surface area contributed by atoms with Gasteiger partial charge in [0.15, 0.2) is 0 Å². The predicted molar refractivity (Wildman–Crippen MR) is 105 cm³/mol. The number of para-hydroxylation sites is 1. The quantitative estimate of drug-likeness (QED) is 0.830. The van der Waals surface area contributed by atoms with Crippen LogP contribution in [-0.4, -0.2) is 30.9 Å². The summed E-state index contributed by atoms with van der Waals surface area (Å²) in [5, 5.41) is 2.83. The maximum atomic E-state index is 13.0. The number of anilines is 2. The average Bonchev–Trinajstić information content (AvgIpc) is 3.44. The number of carbonyl (C=O) groups excluding carboxylic acids is 3. The molecule has 144 valence electrons. The lowest BCUT2D eigenvalue weighted by Crippen LogP contribution is -2.37. The van der Waals surface area contributed by atoms with E-state index in [4.69, 9.17) is 0 Å². The second-order valence-electron chi connectivity index (χ2n) is 7.40. The van der Waals surface area contributed by atoms with Crippen LogP contribution in [0.1, 0.15) is 29.3 Å². The van der Waals surface area contributed by atoms with Gasteiger partial charge in [-0.1, -0.05) is 18.2 Å². The first-order chi connectivity index (χ1) is 13.5. The molecule has 0 bridgehead atoms. The number of amides is 2. The van der Waals surface area contributed by atoms with Gasteiger partial charge in [0.1, 0.15) is 0 Å². The second-order valence-corrected chi connectivity index (χ2v) is 7.40. The van der Waals surface area contributed by atoms with Crippen molar-refractivity contribution in [3.8, 4) is 0 Å². The second kappa shape index (κ2) is 7.11. The molecular formula is C22H22N2O4. The van der Waals surface area contributed by atoms with Crippen molar-refractivity contribution in [1.29, 1.82) is 0 Å². The Bertz CT molecular complexity index is 938. The standard InChI is InChI=1S/C22H22N2O4/c1-13-11-15-5-3-4-6-19(15)24(13)21(26)18-12-17(18)20(25)23-16-9-7-14(8-10-16)22(27)28-2/h3-10,13,17-18H,11-12H2,1-2H3,(H,23,25). The molecular weight excluding hydrogens is 356 g/mol. The number of benzene rings is 2. The highest BCUT2D eigenvalue weighted by molar-refractivity contribution is 6.05. The Balaban J connectivity index is 1.39. The summed E-state index contributed by atoms with van der Waals surface area (Å²) in [4.78, 5) is 38.8. The maximum absolute atomic E-state index is 13.0. The number of hydrogen-bond acceptors (Lipinski definition) is 4. The first-order valence-electron chi connectivity index (χ1n) is 9.40. The van der Waals surface area contributed by atoms with Crippen molar-refractivity contribution in [1.82, 2.24) is 0 Å². The van der Waals surface area contributed by atoms with Crippen molar-refractivity contribution in [2.45, 2.75) is 25.8 Å². The van der Waals surface area contributed by atoms with Crippen LogP contribution in [0.25, 0.3) is 0 Å². The zero-order valence-electron chi connectivity index (χ0n) is 15.8. The van der Waals surface area contributed by atoms with Gasteiger partial charge in [0.25, 0.3) is 0 Å². The number of nitrogens with zero attached hydrogens (tertiary/aromatic N) is 1. The summed E-state index contributed by atoms with van der Waals surface area (Å²) in [6, 6.07) is 14.6. The molecule has 1 heterocycles. The van der Waals surface area contributed by atoms with Crippen LogP contribution < -0.4 is 10.2 Å². The van der Waals surface area contributed by atoms with Crippen molar-refractivity contribution in [3.05, 3.63) is 59.7 Å². The highest BCUT2D eigenvalue weighted by atomic mass is 16.5. The normalized spacial score (nSPS) is 22.4. The molecule has 1 aliphatic heterocycles. The van der Waals surface area contributed by atoms with Gasteiger partial charge in [0, 0.05) is 17.4 Å². The molecule has 6 nitrogen and oxygen atoms in total. The van der Waals surface area contributed by atoms with E-state index >= 15 is 0 Å². The molecule has 0 saturated heterocycles. The number of ether oxygens (including phenoxy) is 1. The lowest BCUT2D eigenvalue weighted by molar-refractivity contribution is -0.123. The fraction of sp³-hybridized carbons (Fsp3) is 0.318. The van der Waals surface area contributed by atoms with Crippen LogP contribution in [0.3, 0.4) is 0 Å². The molecule has 3 atom stereocenters. The van der Waals surface area contributed by atoms with Crippen LogP contribution >= 0.6 is 0 Å². The van der Waals surface area contributed by atoms with Crippen LogP contribution in [0.5, 0.6) is 0 Å². The van der Waals surface area contributed by atoms with E-state index in [1.165, 1.54) is 12.7 Å². The van der Waals surface area contributed by atoms with Crippen molar-refractivity contribution in [2.24, 2.45) is 11.8 Å². The Labute approximate surface area is 163 Å². The molecule has 0 radical (unpaired) electrons. The molecule has 0 aromatic heterocycles. The van der Waals surface area contributed by atoms with Crippen molar-refractivity contribution < 1.29 is 19.1 Å².